The summed E-state index contributed by atoms with van der Waals surface area (Å²) < 4.78 is 36.4. The Hall–Kier alpha value is -1.60. The molecule has 0 radical (unpaired) electrons. The molecule has 7 heteroatoms. The molecule has 1 aromatic carbocycles. The lowest BCUT2D eigenvalue weighted by molar-refractivity contribution is -0.140. The van der Waals surface area contributed by atoms with Gasteiger partial charge >= 0.3 is 13.1 Å². The quantitative estimate of drug-likeness (QED) is 0.372. The van der Waals surface area contributed by atoms with Crippen molar-refractivity contribution >= 4 is 18.6 Å². The molecule has 1 aliphatic heterocycles. The van der Waals surface area contributed by atoms with E-state index in [2.05, 4.69) is 4.74 Å². The zero-order chi connectivity index (χ0) is 20.1. The summed E-state index contributed by atoms with van der Waals surface area (Å²) >= 11 is 0. The molecular formula is C20H30BFO5. The highest BCUT2D eigenvalue weighted by molar-refractivity contribution is 6.62. The Morgan fingerprint density at radius 2 is 1.70 bits per heavy atom. The molecule has 0 atom stereocenters. The van der Waals surface area contributed by atoms with E-state index >= 15 is 0 Å². The molecule has 0 amide bonds. The molecule has 5 nitrogen and oxygen atoms in total. The fraction of sp³-hybridized carbons (Fsp3) is 0.650. The molecule has 0 spiro atoms. The van der Waals surface area contributed by atoms with Gasteiger partial charge in [0.05, 0.1) is 24.9 Å². The van der Waals surface area contributed by atoms with Crippen LogP contribution in [0.25, 0.3) is 0 Å². The van der Waals surface area contributed by atoms with Crippen LogP contribution in [0, 0.1) is 5.82 Å². The lowest BCUT2D eigenvalue weighted by Gasteiger charge is -2.32. The zero-order valence-electron chi connectivity index (χ0n) is 17.0. The molecular weight excluding hydrogens is 350 g/mol. The van der Waals surface area contributed by atoms with Crippen LogP contribution in [0.15, 0.2) is 18.2 Å². The molecule has 27 heavy (non-hydrogen) atoms. The van der Waals surface area contributed by atoms with E-state index in [4.69, 9.17) is 14.0 Å². The largest absolute Gasteiger partial charge is 0.494 e. The number of benzene rings is 1. The Labute approximate surface area is 161 Å². The number of carbonyl (C=O) groups is 1. The summed E-state index contributed by atoms with van der Waals surface area (Å²) in [6.45, 7) is 8.29. The number of esters is 1. The molecule has 1 heterocycles. The van der Waals surface area contributed by atoms with Gasteiger partial charge in [-0.15, -0.1) is 0 Å². The van der Waals surface area contributed by atoms with Gasteiger partial charge in [0.2, 0.25) is 0 Å². The maximum absolute atomic E-state index is 14.4. The second kappa shape index (κ2) is 9.06. The lowest BCUT2D eigenvalue weighted by Crippen LogP contribution is -2.41. The SMILES string of the molecule is COC(=O)CCCCCCOc1ccc(B2OC(C)(C)C(C)(C)O2)cc1F. The van der Waals surface area contributed by atoms with E-state index in [-0.39, 0.29) is 11.7 Å². The molecule has 0 aromatic heterocycles. The highest BCUT2D eigenvalue weighted by Gasteiger charge is 2.51. The van der Waals surface area contributed by atoms with Crippen LogP contribution in [-0.4, -0.2) is 38.0 Å². The molecule has 0 saturated carbocycles. The van der Waals surface area contributed by atoms with Gasteiger partial charge in [0.25, 0.3) is 0 Å². The van der Waals surface area contributed by atoms with Crippen molar-refractivity contribution < 1.29 is 28.0 Å². The monoisotopic (exact) mass is 380 g/mol. The molecule has 1 fully saturated rings. The number of hydrogen-bond donors (Lipinski definition) is 0. The summed E-state index contributed by atoms with van der Waals surface area (Å²) in [6.07, 6.45) is 3.88. The second-order valence-corrected chi connectivity index (χ2v) is 7.87. The first kappa shape index (κ1) is 21.7. The van der Waals surface area contributed by atoms with Crippen LogP contribution >= 0.6 is 0 Å². The van der Waals surface area contributed by atoms with Crippen molar-refractivity contribution in [3.05, 3.63) is 24.0 Å². The molecule has 2 rings (SSSR count). The highest BCUT2D eigenvalue weighted by Crippen LogP contribution is 2.36. The Morgan fingerprint density at radius 3 is 2.30 bits per heavy atom. The normalized spacial score (nSPS) is 17.8. The predicted molar refractivity (Wildman–Crippen MR) is 103 cm³/mol. The van der Waals surface area contributed by atoms with E-state index in [1.807, 2.05) is 27.7 Å². The van der Waals surface area contributed by atoms with Crippen molar-refractivity contribution in [3.8, 4) is 5.75 Å². The average Bonchev–Trinajstić information content (AvgIpc) is 2.82. The molecule has 150 valence electrons. The fourth-order valence-electron chi connectivity index (χ4n) is 2.77. The third kappa shape index (κ3) is 5.69. The maximum Gasteiger partial charge on any atom is 0.494 e. The van der Waals surface area contributed by atoms with Crippen LogP contribution in [0.4, 0.5) is 4.39 Å². The number of halogens is 1. The summed E-state index contributed by atoms with van der Waals surface area (Å²) in [4.78, 5) is 11.0. The molecule has 0 unspecified atom stereocenters. The van der Waals surface area contributed by atoms with Crippen molar-refractivity contribution in [2.75, 3.05) is 13.7 Å². The zero-order valence-corrected chi connectivity index (χ0v) is 17.0. The standard InChI is InChI=1S/C20H30BFO5/c1-19(2)20(3,4)27-21(26-19)15-11-12-17(16(22)14-15)25-13-9-7-6-8-10-18(23)24-5/h11-12,14H,6-10,13H2,1-5H3. The minimum absolute atomic E-state index is 0.185. The van der Waals surface area contributed by atoms with Crippen LogP contribution in [0.1, 0.15) is 59.8 Å². The topological polar surface area (TPSA) is 54.0 Å². The Morgan fingerprint density at radius 1 is 1.07 bits per heavy atom. The van der Waals surface area contributed by atoms with Crippen molar-refractivity contribution in [2.45, 2.75) is 71.0 Å². The van der Waals surface area contributed by atoms with Gasteiger partial charge in [0, 0.05) is 6.42 Å². The first-order valence-electron chi connectivity index (χ1n) is 9.51. The molecule has 0 N–H and O–H groups in total. The molecule has 0 aliphatic carbocycles. The van der Waals surface area contributed by atoms with E-state index in [0.29, 0.717) is 18.5 Å². The summed E-state index contributed by atoms with van der Waals surface area (Å²) in [6, 6.07) is 4.80. The predicted octanol–water partition coefficient (Wildman–Crippen LogP) is 3.63. The van der Waals surface area contributed by atoms with Gasteiger partial charge in [-0.1, -0.05) is 18.9 Å². The van der Waals surface area contributed by atoms with Crippen LogP contribution in [0.2, 0.25) is 0 Å². The van der Waals surface area contributed by atoms with Gasteiger partial charge in [0.1, 0.15) is 0 Å². The number of methoxy groups -OCH3 is 1. The van der Waals surface area contributed by atoms with Gasteiger partial charge in [-0.2, -0.15) is 0 Å². The first-order valence-corrected chi connectivity index (χ1v) is 9.51. The summed E-state index contributed by atoms with van der Waals surface area (Å²) in [5.74, 6) is -0.381. The molecule has 1 aliphatic rings. The fourth-order valence-corrected chi connectivity index (χ4v) is 2.77. The van der Waals surface area contributed by atoms with Gasteiger partial charge in [0.15, 0.2) is 11.6 Å². The van der Waals surface area contributed by atoms with Crippen molar-refractivity contribution in [3.63, 3.8) is 0 Å². The van der Waals surface area contributed by atoms with Crippen molar-refractivity contribution in [1.29, 1.82) is 0 Å². The molecule has 0 bridgehead atoms. The third-order valence-electron chi connectivity index (χ3n) is 5.24. The first-order chi connectivity index (χ1) is 12.7. The second-order valence-electron chi connectivity index (χ2n) is 7.87. The Kier molecular flexibility index (Phi) is 7.29. The van der Waals surface area contributed by atoms with E-state index < -0.39 is 24.1 Å². The van der Waals surface area contributed by atoms with E-state index in [1.54, 1.807) is 12.1 Å². The number of rotatable bonds is 9. The van der Waals surface area contributed by atoms with E-state index in [9.17, 15) is 9.18 Å². The van der Waals surface area contributed by atoms with Gasteiger partial charge in [-0.3, -0.25) is 4.79 Å². The smallest absolute Gasteiger partial charge is 0.491 e. The van der Waals surface area contributed by atoms with E-state index in [1.165, 1.54) is 13.2 Å². The Bertz CT molecular complexity index is 631. The number of unbranched alkanes of at least 4 members (excludes halogenated alkanes) is 3. The third-order valence-corrected chi connectivity index (χ3v) is 5.24. The van der Waals surface area contributed by atoms with Crippen LogP contribution < -0.4 is 10.2 Å². The Balaban J connectivity index is 1.78. The van der Waals surface area contributed by atoms with Gasteiger partial charge in [-0.25, -0.2) is 4.39 Å². The van der Waals surface area contributed by atoms with Crippen molar-refractivity contribution in [2.24, 2.45) is 0 Å². The summed E-state index contributed by atoms with van der Waals surface area (Å²) in [7, 11) is 0.802. The summed E-state index contributed by atoms with van der Waals surface area (Å²) in [5, 5.41) is 0. The number of carbonyl (C=O) groups excluding carboxylic acids is 1. The number of hydrogen-bond acceptors (Lipinski definition) is 5. The average molecular weight is 380 g/mol. The van der Waals surface area contributed by atoms with Crippen molar-refractivity contribution in [1.82, 2.24) is 0 Å². The van der Waals surface area contributed by atoms with Crippen LogP contribution in [-0.2, 0) is 18.8 Å². The minimum Gasteiger partial charge on any atom is -0.491 e. The minimum atomic E-state index is -0.589. The lowest BCUT2D eigenvalue weighted by atomic mass is 9.79. The maximum atomic E-state index is 14.4. The molecule has 1 saturated heterocycles. The van der Waals surface area contributed by atoms with Gasteiger partial charge < -0.3 is 18.8 Å². The number of ether oxygens (including phenoxy) is 2. The van der Waals surface area contributed by atoms with Crippen LogP contribution in [0.3, 0.4) is 0 Å². The van der Waals surface area contributed by atoms with E-state index in [0.717, 1.165) is 25.7 Å². The highest BCUT2D eigenvalue weighted by atomic mass is 19.1. The van der Waals surface area contributed by atoms with Crippen LogP contribution in [0.5, 0.6) is 5.75 Å². The van der Waals surface area contributed by atoms with Gasteiger partial charge in [-0.05, 0) is 58.1 Å². The molecule has 1 aromatic rings. The summed E-state index contributed by atoms with van der Waals surface area (Å²) in [5.41, 5.74) is -0.282.